The number of rotatable bonds is 4. The molecule has 0 N–H and O–H groups in total. The summed E-state index contributed by atoms with van der Waals surface area (Å²) in [4.78, 5) is 27.7. The molecule has 27 heavy (non-hydrogen) atoms. The number of unbranched alkanes of at least 4 members (excludes halogenated alkanes) is 1. The van der Waals surface area contributed by atoms with Crippen molar-refractivity contribution in [3.63, 3.8) is 0 Å². The van der Waals surface area contributed by atoms with E-state index in [2.05, 4.69) is 32.0 Å². The normalized spacial score (nSPS) is 32.6. The molecule has 0 aromatic heterocycles. The van der Waals surface area contributed by atoms with Crippen LogP contribution in [0.15, 0.2) is 18.2 Å². The van der Waals surface area contributed by atoms with E-state index in [0.29, 0.717) is 24.8 Å². The highest BCUT2D eigenvalue weighted by Gasteiger charge is 2.57. The lowest BCUT2D eigenvalue weighted by atomic mass is 9.52. The average molecular weight is 370 g/mol. The number of carbonyl (C=O) groups is 2. The van der Waals surface area contributed by atoms with Gasteiger partial charge in [0.25, 0.3) is 0 Å². The fourth-order valence-electron chi connectivity index (χ4n) is 5.91. The van der Waals surface area contributed by atoms with E-state index in [4.69, 9.17) is 4.74 Å². The minimum absolute atomic E-state index is 0.0529. The van der Waals surface area contributed by atoms with E-state index in [0.717, 1.165) is 44.3 Å². The molecule has 1 heterocycles. The third-order valence-corrected chi connectivity index (χ3v) is 7.49. The summed E-state index contributed by atoms with van der Waals surface area (Å²) >= 11 is 0. The third kappa shape index (κ3) is 2.88. The van der Waals surface area contributed by atoms with Gasteiger partial charge in [0.15, 0.2) is 0 Å². The van der Waals surface area contributed by atoms with Crippen LogP contribution in [0.3, 0.4) is 0 Å². The maximum atomic E-state index is 13.3. The SMILES string of the molecule is CCCCN1C(=O)CC2[C@@H]3CCc4cc(OC)ccc4C3CC[C@]2(C)C1=O. The second-order valence-electron chi connectivity index (χ2n) is 8.84. The Morgan fingerprint density at radius 2 is 2.07 bits per heavy atom. The van der Waals surface area contributed by atoms with Crippen LogP contribution in [0.1, 0.15) is 69.4 Å². The van der Waals surface area contributed by atoms with E-state index < -0.39 is 0 Å². The van der Waals surface area contributed by atoms with E-state index in [1.54, 1.807) is 12.0 Å². The quantitative estimate of drug-likeness (QED) is 0.743. The van der Waals surface area contributed by atoms with Crippen molar-refractivity contribution in [3.05, 3.63) is 29.3 Å². The fourth-order valence-corrected chi connectivity index (χ4v) is 5.91. The smallest absolute Gasteiger partial charge is 0.235 e. The zero-order valence-electron chi connectivity index (χ0n) is 16.8. The molecule has 2 fully saturated rings. The van der Waals surface area contributed by atoms with Gasteiger partial charge >= 0.3 is 0 Å². The van der Waals surface area contributed by atoms with Gasteiger partial charge in [-0.2, -0.15) is 0 Å². The van der Waals surface area contributed by atoms with Gasteiger partial charge in [0.05, 0.1) is 12.5 Å². The van der Waals surface area contributed by atoms with E-state index in [1.807, 2.05) is 0 Å². The van der Waals surface area contributed by atoms with E-state index >= 15 is 0 Å². The zero-order chi connectivity index (χ0) is 19.2. The standard InChI is InChI=1S/C23H31NO3/c1-4-5-12-24-21(25)14-20-19-8-6-15-13-16(27-3)7-9-17(15)18(19)10-11-23(20,2)22(24)26/h7,9,13,18-20H,4-6,8,10-12,14H2,1-3H3/t18?,19-,20?,23+/m1/s1. The van der Waals surface area contributed by atoms with Gasteiger partial charge in [0, 0.05) is 13.0 Å². The summed E-state index contributed by atoms with van der Waals surface area (Å²) in [6, 6.07) is 6.44. The number of fused-ring (bicyclic) bond motifs is 5. The largest absolute Gasteiger partial charge is 0.497 e. The van der Waals surface area contributed by atoms with E-state index in [9.17, 15) is 9.59 Å². The Hall–Kier alpha value is -1.84. The molecule has 146 valence electrons. The lowest BCUT2D eigenvalue weighted by Gasteiger charge is -2.54. The molecular weight excluding hydrogens is 338 g/mol. The predicted molar refractivity (Wildman–Crippen MR) is 105 cm³/mol. The molecule has 1 aromatic rings. The molecule has 1 saturated heterocycles. The summed E-state index contributed by atoms with van der Waals surface area (Å²) < 4.78 is 5.40. The number of methoxy groups -OCH3 is 1. The highest BCUT2D eigenvalue weighted by molar-refractivity contribution is 6.01. The molecule has 2 aliphatic carbocycles. The van der Waals surface area contributed by atoms with Gasteiger partial charge in [-0.05, 0) is 73.1 Å². The third-order valence-electron chi connectivity index (χ3n) is 7.49. The molecule has 0 radical (unpaired) electrons. The number of aryl methyl sites for hydroxylation is 1. The fraction of sp³-hybridized carbons (Fsp3) is 0.652. The van der Waals surface area contributed by atoms with Crippen molar-refractivity contribution in [1.82, 2.24) is 4.90 Å². The zero-order valence-corrected chi connectivity index (χ0v) is 16.8. The van der Waals surface area contributed by atoms with Gasteiger partial charge in [-0.15, -0.1) is 0 Å². The number of ether oxygens (including phenoxy) is 1. The lowest BCUT2D eigenvalue weighted by molar-refractivity contribution is -0.167. The summed E-state index contributed by atoms with van der Waals surface area (Å²) in [6.45, 7) is 4.82. The number of nitrogens with zero attached hydrogens (tertiary/aromatic N) is 1. The summed E-state index contributed by atoms with van der Waals surface area (Å²) in [5.74, 6) is 2.16. The molecule has 2 amide bonds. The Bertz CT molecular complexity index is 758. The number of hydrogen-bond acceptors (Lipinski definition) is 3. The molecule has 1 aliphatic heterocycles. The van der Waals surface area contributed by atoms with Crippen LogP contribution in [0.5, 0.6) is 5.75 Å². The maximum absolute atomic E-state index is 13.3. The first-order valence-corrected chi connectivity index (χ1v) is 10.5. The monoisotopic (exact) mass is 369 g/mol. The first kappa shape index (κ1) is 18.5. The van der Waals surface area contributed by atoms with Crippen molar-refractivity contribution < 1.29 is 14.3 Å². The van der Waals surface area contributed by atoms with Crippen LogP contribution in [0, 0.1) is 17.3 Å². The van der Waals surface area contributed by atoms with Crippen LogP contribution in [0.2, 0.25) is 0 Å². The summed E-state index contributed by atoms with van der Waals surface area (Å²) in [6.07, 6.45) is 6.46. The minimum Gasteiger partial charge on any atom is -0.497 e. The van der Waals surface area contributed by atoms with Crippen molar-refractivity contribution in [1.29, 1.82) is 0 Å². The second-order valence-corrected chi connectivity index (χ2v) is 8.84. The molecular formula is C23H31NO3. The van der Waals surface area contributed by atoms with Crippen molar-refractivity contribution in [2.75, 3.05) is 13.7 Å². The Labute approximate surface area is 162 Å². The molecule has 4 rings (SSSR count). The van der Waals surface area contributed by atoms with Crippen LogP contribution in [0.25, 0.3) is 0 Å². The molecule has 0 bridgehead atoms. The number of carbonyl (C=O) groups excluding carboxylic acids is 2. The van der Waals surface area contributed by atoms with Crippen LogP contribution in [-0.4, -0.2) is 30.4 Å². The predicted octanol–water partition coefficient (Wildman–Crippen LogP) is 4.32. The van der Waals surface area contributed by atoms with Crippen LogP contribution >= 0.6 is 0 Å². The van der Waals surface area contributed by atoms with Crippen molar-refractivity contribution in [2.45, 2.75) is 64.7 Å². The summed E-state index contributed by atoms with van der Waals surface area (Å²) in [5.41, 5.74) is 2.44. The molecule has 3 aliphatic rings. The Kier molecular flexibility index (Phi) is 4.77. The minimum atomic E-state index is -0.368. The number of piperidine rings is 1. The molecule has 1 saturated carbocycles. The lowest BCUT2D eigenvalue weighted by Crippen LogP contribution is -2.59. The average Bonchev–Trinajstić information content (AvgIpc) is 2.68. The number of hydrogen-bond donors (Lipinski definition) is 0. The van der Waals surface area contributed by atoms with E-state index in [1.165, 1.54) is 11.1 Å². The maximum Gasteiger partial charge on any atom is 0.235 e. The van der Waals surface area contributed by atoms with Gasteiger partial charge in [0.1, 0.15) is 5.75 Å². The van der Waals surface area contributed by atoms with Gasteiger partial charge in [0.2, 0.25) is 11.8 Å². The first-order valence-electron chi connectivity index (χ1n) is 10.5. The number of benzene rings is 1. The van der Waals surface area contributed by atoms with Gasteiger partial charge in [-0.25, -0.2) is 0 Å². The Morgan fingerprint density at radius 1 is 1.26 bits per heavy atom. The summed E-state index contributed by atoms with van der Waals surface area (Å²) in [7, 11) is 1.71. The van der Waals surface area contributed by atoms with Crippen LogP contribution < -0.4 is 4.74 Å². The highest BCUT2D eigenvalue weighted by atomic mass is 16.5. The number of imide groups is 1. The molecule has 0 spiro atoms. The number of likely N-dealkylation sites (tertiary alicyclic amines) is 1. The molecule has 4 nitrogen and oxygen atoms in total. The molecule has 2 unspecified atom stereocenters. The van der Waals surface area contributed by atoms with Crippen molar-refractivity contribution in [2.24, 2.45) is 17.3 Å². The second kappa shape index (κ2) is 6.96. The molecule has 4 atom stereocenters. The molecule has 1 aromatic carbocycles. The Morgan fingerprint density at radius 3 is 2.81 bits per heavy atom. The van der Waals surface area contributed by atoms with Crippen LogP contribution in [-0.2, 0) is 16.0 Å². The number of amides is 2. The van der Waals surface area contributed by atoms with Crippen molar-refractivity contribution in [3.8, 4) is 5.75 Å². The molecule has 4 heteroatoms. The van der Waals surface area contributed by atoms with Gasteiger partial charge < -0.3 is 4.74 Å². The summed E-state index contributed by atoms with van der Waals surface area (Å²) in [5, 5.41) is 0. The van der Waals surface area contributed by atoms with Gasteiger partial charge in [-0.1, -0.05) is 26.3 Å². The Balaban J connectivity index is 1.62. The topological polar surface area (TPSA) is 46.6 Å². The van der Waals surface area contributed by atoms with Crippen molar-refractivity contribution >= 4 is 11.8 Å². The van der Waals surface area contributed by atoms with Gasteiger partial charge in [-0.3, -0.25) is 14.5 Å². The van der Waals surface area contributed by atoms with E-state index in [-0.39, 0.29) is 23.1 Å². The first-order chi connectivity index (χ1) is 13.0. The highest BCUT2D eigenvalue weighted by Crippen LogP contribution is 2.58. The van der Waals surface area contributed by atoms with Crippen LogP contribution in [0.4, 0.5) is 0 Å².